The second-order valence-electron chi connectivity index (χ2n) is 4.89. The van der Waals surface area contributed by atoms with E-state index < -0.39 is 10.0 Å². The predicted molar refractivity (Wildman–Crippen MR) is 81.1 cm³/mol. The molecule has 0 saturated carbocycles. The van der Waals surface area contributed by atoms with E-state index in [1.807, 2.05) is 38.2 Å². The quantitative estimate of drug-likeness (QED) is 0.939. The molecule has 2 aromatic carbocycles. The largest absolute Gasteiger partial charge is 0.370 e. The van der Waals surface area contributed by atoms with Gasteiger partial charge in [-0.1, -0.05) is 24.3 Å². The highest BCUT2D eigenvalue weighted by Gasteiger charge is 2.09. The van der Waals surface area contributed by atoms with Gasteiger partial charge in [0.25, 0.3) is 0 Å². The summed E-state index contributed by atoms with van der Waals surface area (Å²) in [6, 6.07) is 14.9. The number of anilines is 1. The van der Waals surface area contributed by atoms with E-state index >= 15 is 0 Å². The van der Waals surface area contributed by atoms with Gasteiger partial charge in [-0.05, 0) is 42.3 Å². The molecular formula is C15H18N2O2S. The zero-order chi connectivity index (χ0) is 14.8. The number of nitrogens with two attached hydrogens (primary N) is 1. The fourth-order valence-corrected chi connectivity index (χ4v) is 2.64. The van der Waals surface area contributed by atoms with Gasteiger partial charge in [0.05, 0.1) is 4.90 Å². The Hall–Kier alpha value is -1.85. The van der Waals surface area contributed by atoms with Gasteiger partial charge in [0.1, 0.15) is 0 Å². The molecule has 5 heteroatoms. The Morgan fingerprint density at radius 3 is 2.45 bits per heavy atom. The summed E-state index contributed by atoms with van der Waals surface area (Å²) in [5.74, 6) is 0. The molecule has 0 aliphatic rings. The minimum absolute atomic E-state index is 0.146. The third-order valence-corrected chi connectivity index (χ3v) is 4.00. The van der Waals surface area contributed by atoms with Gasteiger partial charge in [0.2, 0.25) is 10.0 Å². The molecule has 0 unspecified atom stereocenters. The first-order valence-electron chi connectivity index (χ1n) is 6.26. The van der Waals surface area contributed by atoms with Crippen molar-refractivity contribution in [2.45, 2.75) is 18.4 Å². The molecule has 0 saturated heterocycles. The van der Waals surface area contributed by atoms with Crippen LogP contribution in [-0.2, 0) is 16.6 Å². The van der Waals surface area contributed by atoms with E-state index in [2.05, 4.69) is 11.0 Å². The molecule has 2 aromatic rings. The first-order chi connectivity index (χ1) is 9.36. The zero-order valence-electron chi connectivity index (χ0n) is 11.6. The lowest BCUT2D eigenvalue weighted by Crippen LogP contribution is -2.17. The zero-order valence-corrected chi connectivity index (χ0v) is 12.4. The minimum atomic E-state index is -3.65. The van der Waals surface area contributed by atoms with E-state index in [1.54, 1.807) is 12.1 Å². The van der Waals surface area contributed by atoms with Crippen LogP contribution in [-0.4, -0.2) is 15.5 Å². The fourth-order valence-electron chi connectivity index (χ4n) is 2.05. The Morgan fingerprint density at radius 1 is 1.10 bits per heavy atom. The summed E-state index contributed by atoms with van der Waals surface area (Å²) < 4.78 is 22.7. The first-order valence-corrected chi connectivity index (χ1v) is 7.80. The van der Waals surface area contributed by atoms with Crippen molar-refractivity contribution in [1.29, 1.82) is 0 Å². The van der Waals surface area contributed by atoms with Crippen molar-refractivity contribution in [3.63, 3.8) is 0 Å². The Bertz CT molecular complexity index is 711. The number of rotatable bonds is 4. The standard InChI is InChI=1S/C15H18N2O2S/c1-12-5-3-7-14(9-12)17(2)11-13-6-4-8-15(10-13)20(16,18)19/h3-10H,11H2,1-2H3,(H2,16,18,19). The lowest BCUT2D eigenvalue weighted by atomic mass is 10.2. The van der Waals surface area contributed by atoms with E-state index in [0.717, 1.165) is 11.3 Å². The maximum Gasteiger partial charge on any atom is 0.238 e. The SMILES string of the molecule is Cc1cccc(N(C)Cc2cccc(S(N)(=O)=O)c2)c1. The van der Waals surface area contributed by atoms with Crippen LogP contribution in [0.1, 0.15) is 11.1 Å². The number of hydrogen-bond donors (Lipinski definition) is 1. The van der Waals surface area contributed by atoms with Crippen molar-refractivity contribution in [3.05, 3.63) is 59.7 Å². The number of benzene rings is 2. The van der Waals surface area contributed by atoms with Gasteiger partial charge >= 0.3 is 0 Å². The Balaban J connectivity index is 2.22. The van der Waals surface area contributed by atoms with Crippen LogP contribution < -0.4 is 10.0 Å². The highest BCUT2D eigenvalue weighted by Crippen LogP contribution is 2.18. The molecule has 0 heterocycles. The number of nitrogens with zero attached hydrogens (tertiary/aromatic N) is 1. The normalized spacial score (nSPS) is 11.3. The minimum Gasteiger partial charge on any atom is -0.370 e. The fraction of sp³-hybridized carbons (Fsp3) is 0.200. The molecule has 0 amide bonds. The van der Waals surface area contributed by atoms with Gasteiger partial charge in [-0.15, -0.1) is 0 Å². The molecule has 2 N–H and O–H groups in total. The van der Waals surface area contributed by atoms with E-state index in [9.17, 15) is 8.42 Å². The Morgan fingerprint density at radius 2 is 1.80 bits per heavy atom. The summed E-state index contributed by atoms with van der Waals surface area (Å²) >= 11 is 0. The van der Waals surface area contributed by atoms with Crippen molar-refractivity contribution in [3.8, 4) is 0 Å². The van der Waals surface area contributed by atoms with Gasteiger partial charge in [0.15, 0.2) is 0 Å². The van der Waals surface area contributed by atoms with E-state index in [1.165, 1.54) is 11.6 Å². The summed E-state index contributed by atoms with van der Waals surface area (Å²) in [5.41, 5.74) is 3.18. The molecule has 0 aliphatic heterocycles. The van der Waals surface area contributed by atoms with Gasteiger partial charge in [0, 0.05) is 19.3 Å². The third-order valence-electron chi connectivity index (χ3n) is 3.09. The smallest absolute Gasteiger partial charge is 0.238 e. The van der Waals surface area contributed by atoms with Gasteiger partial charge in [-0.3, -0.25) is 0 Å². The van der Waals surface area contributed by atoms with Crippen LogP contribution >= 0.6 is 0 Å². The van der Waals surface area contributed by atoms with Crippen LogP contribution in [0.15, 0.2) is 53.4 Å². The average Bonchev–Trinajstić information content (AvgIpc) is 2.38. The van der Waals surface area contributed by atoms with E-state index in [-0.39, 0.29) is 4.90 Å². The molecule has 4 nitrogen and oxygen atoms in total. The molecule has 0 aromatic heterocycles. The number of primary sulfonamides is 1. The molecule has 0 aliphatic carbocycles. The summed E-state index contributed by atoms with van der Waals surface area (Å²) in [5, 5.41) is 5.15. The lowest BCUT2D eigenvalue weighted by molar-refractivity contribution is 0.597. The number of sulfonamides is 1. The summed E-state index contributed by atoms with van der Waals surface area (Å²) in [6.45, 7) is 2.66. The van der Waals surface area contributed by atoms with Crippen molar-refractivity contribution >= 4 is 15.7 Å². The molecule has 0 atom stereocenters. The number of hydrogen-bond acceptors (Lipinski definition) is 3. The third kappa shape index (κ3) is 3.59. The lowest BCUT2D eigenvalue weighted by Gasteiger charge is -2.20. The van der Waals surface area contributed by atoms with Crippen LogP contribution in [0, 0.1) is 6.92 Å². The molecule has 20 heavy (non-hydrogen) atoms. The average molecular weight is 290 g/mol. The van der Waals surface area contributed by atoms with E-state index in [0.29, 0.717) is 6.54 Å². The molecule has 0 bridgehead atoms. The van der Waals surface area contributed by atoms with Crippen LogP contribution in [0.2, 0.25) is 0 Å². The van der Waals surface area contributed by atoms with Gasteiger partial charge in [-0.25, -0.2) is 13.6 Å². The monoisotopic (exact) mass is 290 g/mol. The van der Waals surface area contributed by atoms with Crippen molar-refractivity contribution < 1.29 is 8.42 Å². The molecule has 0 fully saturated rings. The van der Waals surface area contributed by atoms with Gasteiger partial charge < -0.3 is 4.90 Å². The van der Waals surface area contributed by atoms with E-state index in [4.69, 9.17) is 5.14 Å². The van der Waals surface area contributed by atoms with Crippen molar-refractivity contribution in [2.75, 3.05) is 11.9 Å². The second kappa shape index (κ2) is 5.64. The maximum atomic E-state index is 11.3. The molecule has 106 valence electrons. The summed E-state index contributed by atoms with van der Waals surface area (Å²) in [6.07, 6.45) is 0. The van der Waals surface area contributed by atoms with Crippen LogP contribution in [0.5, 0.6) is 0 Å². The maximum absolute atomic E-state index is 11.3. The van der Waals surface area contributed by atoms with Gasteiger partial charge in [-0.2, -0.15) is 0 Å². The van der Waals surface area contributed by atoms with Crippen LogP contribution in [0.3, 0.4) is 0 Å². The highest BCUT2D eigenvalue weighted by atomic mass is 32.2. The highest BCUT2D eigenvalue weighted by molar-refractivity contribution is 7.89. The molecule has 0 spiro atoms. The van der Waals surface area contributed by atoms with Crippen molar-refractivity contribution in [1.82, 2.24) is 0 Å². The Labute approximate surface area is 119 Å². The summed E-state index contributed by atoms with van der Waals surface area (Å²) in [4.78, 5) is 2.21. The van der Waals surface area contributed by atoms with Crippen LogP contribution in [0.4, 0.5) is 5.69 Å². The predicted octanol–water partition coefficient (Wildman–Crippen LogP) is 2.28. The molecular weight excluding hydrogens is 272 g/mol. The Kier molecular flexibility index (Phi) is 4.11. The number of aryl methyl sites for hydroxylation is 1. The first kappa shape index (κ1) is 14.6. The van der Waals surface area contributed by atoms with Crippen molar-refractivity contribution in [2.24, 2.45) is 5.14 Å². The molecule has 0 radical (unpaired) electrons. The topological polar surface area (TPSA) is 63.4 Å². The summed E-state index contributed by atoms with van der Waals surface area (Å²) in [7, 11) is -1.68. The van der Waals surface area contributed by atoms with Crippen LogP contribution in [0.25, 0.3) is 0 Å². The molecule has 2 rings (SSSR count). The second-order valence-corrected chi connectivity index (χ2v) is 6.45.